The van der Waals surface area contributed by atoms with Crippen LogP contribution in [0.5, 0.6) is 11.5 Å². The Hall–Kier alpha value is -2.68. The highest BCUT2D eigenvalue weighted by Crippen LogP contribution is 2.35. The summed E-state index contributed by atoms with van der Waals surface area (Å²) in [7, 11) is 3.04. The summed E-state index contributed by atoms with van der Waals surface area (Å²) >= 11 is 1.44. The van der Waals surface area contributed by atoms with Crippen molar-refractivity contribution in [1.29, 1.82) is 0 Å². The zero-order chi connectivity index (χ0) is 20.6. The Morgan fingerprint density at radius 3 is 2.41 bits per heavy atom. The molecule has 1 aliphatic rings. The van der Waals surface area contributed by atoms with Crippen molar-refractivity contribution in [1.82, 2.24) is 15.5 Å². The number of aromatic nitrogens is 2. The third-order valence-electron chi connectivity index (χ3n) is 4.89. The maximum absolute atomic E-state index is 12.3. The highest BCUT2D eigenvalue weighted by Gasteiger charge is 2.20. The average molecular weight is 419 g/mol. The van der Waals surface area contributed by atoms with Gasteiger partial charge in [-0.1, -0.05) is 30.6 Å². The number of carbonyl (C=O) groups excluding carboxylic acids is 2. The predicted molar refractivity (Wildman–Crippen MR) is 111 cm³/mol. The predicted octanol–water partition coefficient (Wildman–Crippen LogP) is 3.36. The van der Waals surface area contributed by atoms with E-state index in [9.17, 15) is 9.59 Å². The molecule has 1 fully saturated rings. The fourth-order valence-electron chi connectivity index (χ4n) is 3.31. The van der Waals surface area contributed by atoms with Crippen LogP contribution in [0.2, 0.25) is 0 Å². The number of amides is 2. The number of anilines is 1. The zero-order valence-corrected chi connectivity index (χ0v) is 17.5. The first-order chi connectivity index (χ1) is 14.1. The standard InChI is InChI=1S/C20H26N4O4S/c1-27-15-10-14(11-16(12-15)28-2)18(26)21-9-8-17(25)22-20-24-23-19(29-20)13-6-4-3-5-7-13/h10-13H,3-9H2,1-2H3,(H,21,26)(H,22,24,25). The number of methoxy groups -OCH3 is 2. The van der Waals surface area contributed by atoms with Gasteiger partial charge in [-0.05, 0) is 25.0 Å². The van der Waals surface area contributed by atoms with E-state index in [1.807, 2.05) is 0 Å². The minimum Gasteiger partial charge on any atom is -0.497 e. The molecule has 29 heavy (non-hydrogen) atoms. The number of carbonyl (C=O) groups is 2. The van der Waals surface area contributed by atoms with Gasteiger partial charge in [0.15, 0.2) is 0 Å². The van der Waals surface area contributed by atoms with Crippen LogP contribution in [-0.2, 0) is 4.79 Å². The van der Waals surface area contributed by atoms with Crippen LogP contribution < -0.4 is 20.1 Å². The third kappa shape index (κ3) is 5.90. The Labute approximate surface area is 174 Å². The van der Waals surface area contributed by atoms with Crippen molar-refractivity contribution < 1.29 is 19.1 Å². The first kappa shape index (κ1) is 21.0. The summed E-state index contributed by atoms with van der Waals surface area (Å²) in [5.41, 5.74) is 0.405. The van der Waals surface area contributed by atoms with Crippen LogP contribution in [-0.4, -0.2) is 42.8 Å². The molecule has 1 aliphatic carbocycles. The topological polar surface area (TPSA) is 102 Å². The summed E-state index contributed by atoms with van der Waals surface area (Å²) in [6.45, 7) is 0.207. The summed E-state index contributed by atoms with van der Waals surface area (Å²) < 4.78 is 10.3. The molecule has 8 nitrogen and oxygen atoms in total. The largest absolute Gasteiger partial charge is 0.497 e. The zero-order valence-electron chi connectivity index (χ0n) is 16.7. The van der Waals surface area contributed by atoms with Crippen molar-refractivity contribution in [3.8, 4) is 11.5 Å². The molecule has 1 heterocycles. The SMILES string of the molecule is COc1cc(OC)cc(C(=O)NCCC(=O)Nc2nnc(C3CCCCC3)s2)c1. The van der Waals surface area contributed by atoms with Crippen LogP contribution >= 0.6 is 11.3 Å². The van der Waals surface area contributed by atoms with Gasteiger partial charge >= 0.3 is 0 Å². The average Bonchev–Trinajstić information content (AvgIpc) is 3.22. The maximum Gasteiger partial charge on any atom is 0.251 e. The lowest BCUT2D eigenvalue weighted by Gasteiger charge is -2.18. The van der Waals surface area contributed by atoms with Crippen LogP contribution in [0.15, 0.2) is 18.2 Å². The lowest BCUT2D eigenvalue weighted by molar-refractivity contribution is -0.116. The minimum atomic E-state index is -0.300. The molecule has 1 aromatic carbocycles. The van der Waals surface area contributed by atoms with Crippen molar-refractivity contribution >= 4 is 28.3 Å². The molecule has 0 saturated heterocycles. The molecule has 0 aliphatic heterocycles. The van der Waals surface area contributed by atoms with Crippen LogP contribution in [0.25, 0.3) is 0 Å². The third-order valence-corrected chi connectivity index (χ3v) is 5.89. The van der Waals surface area contributed by atoms with E-state index in [1.165, 1.54) is 44.8 Å². The van der Waals surface area contributed by atoms with Gasteiger partial charge in [-0.15, -0.1) is 10.2 Å². The molecule has 3 rings (SSSR count). The lowest BCUT2D eigenvalue weighted by Crippen LogP contribution is -2.27. The molecule has 9 heteroatoms. The summed E-state index contributed by atoms with van der Waals surface area (Å²) in [4.78, 5) is 24.5. The van der Waals surface area contributed by atoms with Gasteiger partial charge in [-0.3, -0.25) is 9.59 Å². The lowest BCUT2D eigenvalue weighted by atomic mass is 9.90. The van der Waals surface area contributed by atoms with E-state index >= 15 is 0 Å². The molecular formula is C20H26N4O4S. The molecule has 1 aromatic heterocycles. The van der Waals surface area contributed by atoms with E-state index in [1.54, 1.807) is 18.2 Å². The second-order valence-electron chi connectivity index (χ2n) is 6.94. The van der Waals surface area contributed by atoms with Gasteiger partial charge in [0, 0.05) is 30.5 Å². The molecule has 1 saturated carbocycles. The van der Waals surface area contributed by atoms with Gasteiger partial charge < -0.3 is 20.1 Å². The van der Waals surface area contributed by atoms with Crippen molar-refractivity contribution in [3.63, 3.8) is 0 Å². The molecule has 2 N–H and O–H groups in total. The second-order valence-corrected chi connectivity index (χ2v) is 7.94. The first-order valence-electron chi connectivity index (χ1n) is 9.73. The van der Waals surface area contributed by atoms with Crippen LogP contribution in [0, 0.1) is 0 Å². The molecule has 0 bridgehead atoms. The van der Waals surface area contributed by atoms with Gasteiger partial charge in [0.05, 0.1) is 14.2 Å². The smallest absolute Gasteiger partial charge is 0.251 e. The van der Waals surface area contributed by atoms with Crippen LogP contribution in [0.1, 0.15) is 59.8 Å². The minimum absolute atomic E-state index is 0.144. The molecule has 0 atom stereocenters. The van der Waals surface area contributed by atoms with Gasteiger partial charge in [0.1, 0.15) is 16.5 Å². The van der Waals surface area contributed by atoms with Gasteiger partial charge in [-0.2, -0.15) is 0 Å². The molecule has 2 aromatic rings. The molecule has 0 unspecified atom stereocenters. The summed E-state index contributed by atoms with van der Waals surface area (Å²) in [5, 5.41) is 15.3. The summed E-state index contributed by atoms with van der Waals surface area (Å²) in [5.74, 6) is 1.01. The molecular weight excluding hydrogens is 392 g/mol. The van der Waals surface area contributed by atoms with E-state index in [-0.39, 0.29) is 24.8 Å². The monoisotopic (exact) mass is 418 g/mol. The highest BCUT2D eigenvalue weighted by molar-refractivity contribution is 7.15. The van der Waals surface area contributed by atoms with Crippen molar-refractivity contribution in [2.45, 2.75) is 44.4 Å². The van der Waals surface area contributed by atoms with E-state index in [0.717, 1.165) is 17.8 Å². The number of ether oxygens (including phenoxy) is 2. The highest BCUT2D eigenvalue weighted by atomic mass is 32.1. The van der Waals surface area contributed by atoms with Crippen LogP contribution in [0.4, 0.5) is 5.13 Å². The number of hydrogen-bond acceptors (Lipinski definition) is 7. The quantitative estimate of drug-likeness (QED) is 0.681. The van der Waals surface area contributed by atoms with Crippen molar-refractivity contribution in [3.05, 3.63) is 28.8 Å². The Kier molecular flexibility index (Phi) is 7.40. The molecule has 0 spiro atoms. The van der Waals surface area contributed by atoms with E-state index in [2.05, 4.69) is 20.8 Å². The fourth-order valence-corrected chi connectivity index (χ4v) is 4.24. The number of hydrogen-bond donors (Lipinski definition) is 2. The number of nitrogens with one attached hydrogen (secondary N) is 2. The van der Waals surface area contributed by atoms with E-state index in [4.69, 9.17) is 9.47 Å². The summed E-state index contributed by atoms with van der Waals surface area (Å²) in [6.07, 6.45) is 6.17. The number of nitrogens with zero attached hydrogens (tertiary/aromatic N) is 2. The first-order valence-corrected chi connectivity index (χ1v) is 10.5. The summed E-state index contributed by atoms with van der Waals surface area (Å²) in [6, 6.07) is 4.92. The van der Waals surface area contributed by atoms with Crippen LogP contribution in [0.3, 0.4) is 0 Å². The normalized spacial score (nSPS) is 14.3. The maximum atomic E-state index is 12.3. The molecule has 0 radical (unpaired) electrons. The van der Waals surface area contributed by atoms with Crippen molar-refractivity contribution in [2.24, 2.45) is 0 Å². The molecule has 2 amide bonds. The fraction of sp³-hybridized carbons (Fsp3) is 0.500. The van der Waals surface area contributed by atoms with Gasteiger partial charge in [-0.25, -0.2) is 0 Å². The Balaban J connectivity index is 1.46. The Morgan fingerprint density at radius 2 is 1.76 bits per heavy atom. The Bertz CT molecular complexity index is 827. The Morgan fingerprint density at radius 1 is 1.07 bits per heavy atom. The van der Waals surface area contributed by atoms with Gasteiger partial charge in [0.2, 0.25) is 11.0 Å². The van der Waals surface area contributed by atoms with Gasteiger partial charge in [0.25, 0.3) is 5.91 Å². The molecule has 156 valence electrons. The van der Waals surface area contributed by atoms with E-state index in [0.29, 0.717) is 28.1 Å². The second kappa shape index (κ2) is 10.2. The number of benzene rings is 1. The van der Waals surface area contributed by atoms with E-state index < -0.39 is 0 Å². The van der Waals surface area contributed by atoms with Crippen molar-refractivity contribution in [2.75, 3.05) is 26.1 Å². The number of rotatable bonds is 8.